The highest BCUT2D eigenvalue weighted by Crippen LogP contribution is 2.24. The molecule has 0 saturated carbocycles. The molecule has 0 spiro atoms. The minimum Gasteiger partial charge on any atom is -0.494 e. The highest BCUT2D eigenvalue weighted by atomic mass is 16.7. The van der Waals surface area contributed by atoms with Crippen LogP contribution in [0.3, 0.4) is 0 Å². The first-order valence-corrected chi connectivity index (χ1v) is 15.7. The van der Waals surface area contributed by atoms with Gasteiger partial charge in [0.25, 0.3) is 5.91 Å². The molecule has 0 unspecified atom stereocenters. The highest BCUT2D eigenvalue weighted by Gasteiger charge is 2.13. The number of carbonyl (C=O) groups excluding carboxylic acids is 4. The van der Waals surface area contributed by atoms with Crippen LogP contribution in [0.15, 0.2) is 116 Å². The summed E-state index contributed by atoms with van der Waals surface area (Å²) in [5.41, 5.74) is 3.88. The molecule has 0 heterocycles. The lowest BCUT2D eigenvalue weighted by atomic mass is 10.1. The van der Waals surface area contributed by atoms with Crippen molar-refractivity contribution in [2.24, 2.45) is 0 Å². The van der Waals surface area contributed by atoms with E-state index in [0.29, 0.717) is 53.5 Å². The SMILES string of the molecule is C=CC(=O)OCCCCOc1ccc(/C=C/c2ccc(C(=O)Oc3ccc(NC(=O)c4ccc(OCOC(=O)C=C)cc4)cc3C)cc2)cc1. The molecule has 0 aliphatic heterocycles. The summed E-state index contributed by atoms with van der Waals surface area (Å²) in [6.07, 6.45) is 7.56. The Morgan fingerprint density at radius 2 is 1.22 bits per heavy atom. The summed E-state index contributed by atoms with van der Waals surface area (Å²) in [5, 5.41) is 2.82. The van der Waals surface area contributed by atoms with Gasteiger partial charge in [0.2, 0.25) is 6.79 Å². The first-order valence-electron chi connectivity index (χ1n) is 15.7. The summed E-state index contributed by atoms with van der Waals surface area (Å²) in [4.78, 5) is 47.7. The number of ether oxygens (including phenoxy) is 5. The Hall–Kier alpha value is -6.42. The maximum atomic E-state index is 12.9. The van der Waals surface area contributed by atoms with Crippen molar-refractivity contribution >= 4 is 41.7 Å². The molecular formula is C40H37NO9. The van der Waals surface area contributed by atoms with E-state index in [1.165, 1.54) is 0 Å². The van der Waals surface area contributed by atoms with Gasteiger partial charge in [-0.25, -0.2) is 14.4 Å². The predicted molar refractivity (Wildman–Crippen MR) is 190 cm³/mol. The summed E-state index contributed by atoms with van der Waals surface area (Å²) in [6, 6.07) is 26.1. The van der Waals surface area contributed by atoms with Gasteiger partial charge in [0.15, 0.2) is 0 Å². The number of esters is 3. The van der Waals surface area contributed by atoms with Crippen molar-refractivity contribution in [3.8, 4) is 17.2 Å². The molecule has 256 valence electrons. The van der Waals surface area contributed by atoms with E-state index in [-0.39, 0.29) is 12.7 Å². The number of hydrogen-bond acceptors (Lipinski definition) is 9. The van der Waals surface area contributed by atoms with Crippen LogP contribution in [0.25, 0.3) is 12.2 Å². The molecule has 4 rings (SSSR count). The number of rotatable bonds is 17. The van der Waals surface area contributed by atoms with E-state index in [1.807, 2.05) is 48.6 Å². The fourth-order valence-corrected chi connectivity index (χ4v) is 4.34. The Morgan fingerprint density at radius 3 is 1.86 bits per heavy atom. The second-order valence-corrected chi connectivity index (χ2v) is 10.7. The third-order valence-corrected chi connectivity index (χ3v) is 7.06. The third-order valence-electron chi connectivity index (χ3n) is 7.06. The molecule has 4 aromatic rings. The van der Waals surface area contributed by atoms with Gasteiger partial charge in [0, 0.05) is 23.4 Å². The van der Waals surface area contributed by atoms with Crippen molar-refractivity contribution in [2.75, 3.05) is 25.3 Å². The molecule has 10 heteroatoms. The Kier molecular flexibility index (Phi) is 13.7. The molecule has 0 saturated heterocycles. The van der Waals surface area contributed by atoms with Crippen molar-refractivity contribution in [1.29, 1.82) is 0 Å². The molecule has 0 fully saturated rings. The van der Waals surface area contributed by atoms with Crippen molar-refractivity contribution in [3.05, 3.63) is 144 Å². The number of carbonyl (C=O) groups is 4. The first kappa shape index (κ1) is 36.4. The zero-order valence-corrected chi connectivity index (χ0v) is 27.6. The van der Waals surface area contributed by atoms with Gasteiger partial charge in [-0.2, -0.15) is 0 Å². The summed E-state index contributed by atoms with van der Waals surface area (Å²) in [5.74, 6) is -0.312. The van der Waals surface area contributed by atoms with Gasteiger partial charge in [0.05, 0.1) is 18.8 Å². The number of unbranched alkanes of at least 4 members (excludes halogenated alkanes) is 1. The normalized spacial score (nSPS) is 10.5. The van der Waals surface area contributed by atoms with Crippen molar-refractivity contribution in [3.63, 3.8) is 0 Å². The lowest BCUT2D eigenvalue weighted by molar-refractivity contribution is -0.144. The summed E-state index contributed by atoms with van der Waals surface area (Å²) in [7, 11) is 0. The van der Waals surface area contributed by atoms with Crippen LogP contribution < -0.4 is 19.5 Å². The zero-order chi connectivity index (χ0) is 35.7. The molecule has 1 N–H and O–H groups in total. The predicted octanol–water partition coefficient (Wildman–Crippen LogP) is 7.59. The van der Waals surface area contributed by atoms with Crippen LogP contribution in [0.4, 0.5) is 5.69 Å². The molecule has 50 heavy (non-hydrogen) atoms. The first-order chi connectivity index (χ1) is 24.2. The Bertz CT molecular complexity index is 1830. The molecule has 4 aromatic carbocycles. The van der Waals surface area contributed by atoms with Crippen LogP contribution in [0, 0.1) is 6.92 Å². The molecule has 0 radical (unpaired) electrons. The average molecular weight is 676 g/mol. The molecule has 0 aliphatic rings. The van der Waals surface area contributed by atoms with E-state index in [2.05, 4.69) is 18.5 Å². The maximum absolute atomic E-state index is 12.9. The van der Waals surface area contributed by atoms with Gasteiger partial charge < -0.3 is 29.0 Å². The van der Waals surface area contributed by atoms with Crippen molar-refractivity contribution in [1.82, 2.24) is 0 Å². The van der Waals surface area contributed by atoms with E-state index < -0.39 is 17.9 Å². The van der Waals surface area contributed by atoms with E-state index in [1.54, 1.807) is 61.5 Å². The van der Waals surface area contributed by atoms with Crippen LogP contribution in [0.5, 0.6) is 17.2 Å². The fourth-order valence-electron chi connectivity index (χ4n) is 4.34. The Morgan fingerprint density at radius 1 is 0.660 bits per heavy atom. The van der Waals surface area contributed by atoms with Gasteiger partial charge in [-0.3, -0.25) is 4.79 Å². The smallest absolute Gasteiger partial charge is 0.343 e. The Labute approximate surface area is 290 Å². The van der Waals surface area contributed by atoms with E-state index in [0.717, 1.165) is 35.4 Å². The largest absolute Gasteiger partial charge is 0.494 e. The summed E-state index contributed by atoms with van der Waals surface area (Å²) < 4.78 is 26.4. The van der Waals surface area contributed by atoms with Crippen molar-refractivity contribution in [2.45, 2.75) is 19.8 Å². The number of benzene rings is 4. The number of aryl methyl sites for hydroxylation is 1. The molecule has 0 aliphatic carbocycles. The van der Waals surface area contributed by atoms with Gasteiger partial charge in [-0.1, -0.05) is 49.6 Å². The van der Waals surface area contributed by atoms with Crippen LogP contribution >= 0.6 is 0 Å². The quantitative estimate of drug-likeness (QED) is 0.0301. The van der Waals surface area contributed by atoms with E-state index in [9.17, 15) is 19.2 Å². The number of anilines is 1. The average Bonchev–Trinajstić information content (AvgIpc) is 3.14. The minimum atomic E-state index is -0.598. The fraction of sp³-hybridized carbons (Fsp3) is 0.150. The zero-order valence-electron chi connectivity index (χ0n) is 27.6. The second kappa shape index (κ2) is 18.8. The van der Waals surface area contributed by atoms with Crippen LogP contribution in [0.1, 0.15) is 50.2 Å². The van der Waals surface area contributed by atoms with Crippen molar-refractivity contribution < 1.29 is 42.9 Å². The second-order valence-electron chi connectivity index (χ2n) is 10.7. The van der Waals surface area contributed by atoms with Gasteiger partial charge in [0.1, 0.15) is 17.2 Å². The lowest BCUT2D eigenvalue weighted by Crippen LogP contribution is -2.13. The molecule has 10 nitrogen and oxygen atoms in total. The maximum Gasteiger partial charge on any atom is 0.343 e. The molecule has 0 bridgehead atoms. The minimum absolute atomic E-state index is 0.272. The highest BCUT2D eigenvalue weighted by molar-refractivity contribution is 6.04. The summed E-state index contributed by atoms with van der Waals surface area (Å²) in [6.45, 7) is 9.04. The van der Waals surface area contributed by atoms with Gasteiger partial charge in [-0.05, 0) is 103 Å². The van der Waals surface area contributed by atoms with Gasteiger partial charge in [-0.15, -0.1) is 0 Å². The van der Waals surface area contributed by atoms with E-state index in [4.69, 9.17) is 23.7 Å². The molecule has 0 aromatic heterocycles. The number of nitrogens with one attached hydrogen (secondary N) is 1. The monoisotopic (exact) mass is 675 g/mol. The third kappa shape index (κ3) is 11.7. The van der Waals surface area contributed by atoms with E-state index >= 15 is 0 Å². The Balaban J connectivity index is 1.22. The topological polar surface area (TPSA) is 126 Å². The summed E-state index contributed by atoms with van der Waals surface area (Å²) >= 11 is 0. The van der Waals surface area contributed by atoms with Crippen LogP contribution in [-0.4, -0.2) is 43.8 Å². The lowest BCUT2D eigenvalue weighted by Gasteiger charge is -2.11. The number of hydrogen-bond donors (Lipinski definition) is 1. The number of amides is 1. The standard InChI is InChI=1S/C40H37NO9/c1-4-37(42)47-25-7-6-24-46-34-19-12-30(13-20-34)9-8-29-10-14-32(15-11-29)40(45)50-36-23-18-33(26-28(36)3)41-39(44)31-16-21-35(22-17-31)48-27-49-38(43)5-2/h4-5,8-23,26H,1-2,6-7,24-25,27H2,3H3,(H,41,44)/b9-8+. The van der Waals surface area contributed by atoms with Gasteiger partial charge >= 0.3 is 17.9 Å². The van der Waals surface area contributed by atoms with Crippen LogP contribution in [-0.2, 0) is 19.1 Å². The van der Waals surface area contributed by atoms with Crippen LogP contribution in [0.2, 0.25) is 0 Å². The molecular weight excluding hydrogens is 638 g/mol. The molecule has 0 atom stereocenters. The molecule has 1 amide bonds.